The topological polar surface area (TPSA) is 154 Å². The van der Waals surface area contributed by atoms with Crippen LogP contribution < -0.4 is 20.7 Å². The molecular weight excluding hydrogens is 500 g/mol. The highest BCUT2D eigenvalue weighted by atomic mass is 16.5. The number of likely N-dealkylation sites (tertiary alicyclic amines) is 1. The number of nitrogens with one attached hydrogen (secondary N) is 4. The van der Waals surface area contributed by atoms with Crippen LogP contribution in [0.5, 0.6) is 11.5 Å². The Kier molecular flexibility index (Phi) is 7.34. The van der Waals surface area contributed by atoms with Gasteiger partial charge in [0.2, 0.25) is 0 Å². The van der Waals surface area contributed by atoms with Crippen molar-refractivity contribution >= 4 is 40.4 Å². The molecule has 0 unspecified atom stereocenters. The zero-order valence-electron chi connectivity index (χ0n) is 21.5. The summed E-state index contributed by atoms with van der Waals surface area (Å²) in [6, 6.07) is 12.1. The summed E-state index contributed by atoms with van der Waals surface area (Å²) < 4.78 is 6.15. The van der Waals surface area contributed by atoms with Gasteiger partial charge in [-0.15, -0.1) is 0 Å². The Morgan fingerprint density at radius 3 is 2.64 bits per heavy atom. The summed E-state index contributed by atoms with van der Waals surface area (Å²) in [7, 11) is 1.44. The quantitative estimate of drug-likeness (QED) is 0.279. The first-order valence-electron chi connectivity index (χ1n) is 12.5. The lowest BCUT2D eigenvalue weighted by Crippen LogP contribution is -2.49. The molecule has 4 heterocycles. The van der Waals surface area contributed by atoms with Gasteiger partial charge in [-0.2, -0.15) is 5.10 Å². The molecule has 200 valence electrons. The van der Waals surface area contributed by atoms with Crippen LogP contribution in [0.15, 0.2) is 54.9 Å². The molecule has 12 nitrogen and oxygen atoms in total. The summed E-state index contributed by atoms with van der Waals surface area (Å²) in [4.78, 5) is 46.8. The Morgan fingerprint density at radius 1 is 1.08 bits per heavy atom. The molecule has 39 heavy (non-hydrogen) atoms. The lowest BCUT2D eigenvalue weighted by molar-refractivity contribution is -0.146. The fourth-order valence-electron chi connectivity index (χ4n) is 4.43. The number of fused-ring (bicyclic) bond motifs is 1. The van der Waals surface area contributed by atoms with E-state index in [0.717, 1.165) is 18.4 Å². The minimum Gasteiger partial charge on any atom is -0.456 e. The smallest absolute Gasteiger partial charge is 0.311 e. The first kappa shape index (κ1) is 25.6. The highest BCUT2D eigenvalue weighted by molar-refractivity contribution is 6.34. The van der Waals surface area contributed by atoms with Crippen LogP contribution in [-0.2, 0) is 9.59 Å². The van der Waals surface area contributed by atoms with Crippen LogP contribution in [0.1, 0.15) is 28.8 Å². The van der Waals surface area contributed by atoms with Gasteiger partial charge in [0.15, 0.2) is 11.5 Å². The molecule has 12 heteroatoms. The van der Waals surface area contributed by atoms with E-state index in [4.69, 9.17) is 4.74 Å². The third kappa shape index (κ3) is 5.79. The monoisotopic (exact) mass is 528 g/mol. The van der Waals surface area contributed by atoms with E-state index in [-0.39, 0.29) is 11.9 Å². The molecule has 1 saturated heterocycles. The van der Waals surface area contributed by atoms with Crippen molar-refractivity contribution in [3.05, 3.63) is 66.0 Å². The molecule has 1 atom stereocenters. The van der Waals surface area contributed by atoms with Crippen LogP contribution in [0.2, 0.25) is 0 Å². The Hall–Kier alpha value is -5.00. The highest BCUT2D eigenvalue weighted by Gasteiger charge is 2.28. The average Bonchev–Trinajstić information content (AvgIpc) is 3.36. The van der Waals surface area contributed by atoms with E-state index < -0.39 is 11.8 Å². The number of ether oxygens (including phenoxy) is 1. The number of aromatic nitrogens is 4. The van der Waals surface area contributed by atoms with Crippen LogP contribution in [-0.4, -0.2) is 69.0 Å². The molecule has 3 amide bonds. The number of carbonyl (C=O) groups excluding carboxylic acids is 3. The van der Waals surface area contributed by atoms with Gasteiger partial charge in [-0.1, -0.05) is 0 Å². The summed E-state index contributed by atoms with van der Waals surface area (Å²) >= 11 is 0. The molecule has 1 aromatic carbocycles. The van der Waals surface area contributed by atoms with Crippen LogP contribution >= 0.6 is 0 Å². The second-order valence-corrected chi connectivity index (χ2v) is 9.22. The number of benzene rings is 1. The predicted octanol–water partition coefficient (Wildman–Crippen LogP) is 2.85. The summed E-state index contributed by atoms with van der Waals surface area (Å²) in [5, 5.41) is 16.5. The maximum atomic E-state index is 12.6. The summed E-state index contributed by atoms with van der Waals surface area (Å²) in [6.07, 6.45) is 4.82. The molecule has 0 radical (unpaired) electrons. The van der Waals surface area contributed by atoms with Gasteiger partial charge in [-0.25, -0.2) is 9.97 Å². The van der Waals surface area contributed by atoms with Crippen LogP contribution in [0.3, 0.4) is 0 Å². The third-order valence-corrected chi connectivity index (χ3v) is 6.40. The molecule has 1 aliphatic heterocycles. The Balaban J connectivity index is 1.29. The van der Waals surface area contributed by atoms with E-state index in [0.29, 0.717) is 52.8 Å². The average molecular weight is 529 g/mol. The summed E-state index contributed by atoms with van der Waals surface area (Å²) in [6.45, 7) is 2.83. The summed E-state index contributed by atoms with van der Waals surface area (Å²) in [5.41, 5.74) is 1.99. The number of hydrogen-bond donors (Lipinski definition) is 4. The van der Waals surface area contributed by atoms with Gasteiger partial charge >= 0.3 is 11.8 Å². The van der Waals surface area contributed by atoms with Gasteiger partial charge < -0.3 is 25.6 Å². The molecule has 0 bridgehead atoms. The fourth-order valence-corrected chi connectivity index (χ4v) is 4.43. The zero-order chi connectivity index (χ0) is 27.4. The fraction of sp³-hybridized carbons (Fsp3) is 0.259. The molecule has 1 fully saturated rings. The molecule has 0 aliphatic carbocycles. The minimum absolute atomic E-state index is 0.104. The second-order valence-electron chi connectivity index (χ2n) is 9.22. The SMILES string of the molecule is CNC(=O)C(=O)N1CCC[C@@H](Nc2n[nH]c3nccc(Oc4ccc(C(=O)Nc5cc(C)ccn5)cc4)c23)C1. The van der Waals surface area contributed by atoms with E-state index in [1.165, 1.54) is 11.9 Å². The van der Waals surface area contributed by atoms with Crippen LogP contribution in [0, 0.1) is 6.92 Å². The maximum Gasteiger partial charge on any atom is 0.311 e. The highest BCUT2D eigenvalue weighted by Crippen LogP contribution is 2.33. The zero-order valence-corrected chi connectivity index (χ0v) is 21.5. The van der Waals surface area contributed by atoms with Gasteiger partial charge in [0.1, 0.15) is 22.7 Å². The normalized spacial score (nSPS) is 15.0. The number of amides is 3. The minimum atomic E-state index is -0.629. The third-order valence-electron chi connectivity index (χ3n) is 6.40. The van der Waals surface area contributed by atoms with Gasteiger partial charge in [0.05, 0.1) is 0 Å². The number of carbonyl (C=O) groups is 3. The van der Waals surface area contributed by atoms with Crippen molar-refractivity contribution in [2.24, 2.45) is 0 Å². The van der Waals surface area contributed by atoms with Crippen molar-refractivity contribution in [2.45, 2.75) is 25.8 Å². The van der Waals surface area contributed by atoms with Gasteiger partial charge in [0, 0.05) is 50.2 Å². The molecule has 5 rings (SSSR count). The lowest BCUT2D eigenvalue weighted by atomic mass is 10.1. The van der Waals surface area contributed by atoms with E-state index in [1.807, 2.05) is 13.0 Å². The number of hydrogen-bond acceptors (Lipinski definition) is 8. The van der Waals surface area contributed by atoms with Gasteiger partial charge in [-0.05, 0) is 61.7 Å². The Labute approximate surface area is 224 Å². The van der Waals surface area contributed by atoms with Crippen LogP contribution in [0.25, 0.3) is 11.0 Å². The van der Waals surface area contributed by atoms with E-state index in [1.54, 1.807) is 48.8 Å². The van der Waals surface area contributed by atoms with E-state index in [9.17, 15) is 14.4 Å². The number of likely N-dealkylation sites (N-methyl/N-ethyl adjacent to an activating group) is 1. The number of piperidine rings is 1. The standard InChI is InChI=1S/C27H28N8O4/c1-16-9-11-29-21(14-16)32-25(36)17-5-7-19(8-6-17)39-20-10-12-30-23-22(20)24(34-33-23)31-18-4-3-13-35(15-18)27(38)26(37)28-2/h5-12,14,18H,3-4,13,15H2,1-2H3,(H,28,37)(H,29,32,36)(H2,30,31,33,34)/t18-/m1/s1. The Bertz CT molecular complexity index is 1520. The number of anilines is 2. The molecular formula is C27H28N8O4. The number of pyridine rings is 2. The van der Waals surface area contributed by atoms with Gasteiger partial charge in [-0.3, -0.25) is 19.5 Å². The molecule has 1 aliphatic rings. The number of aryl methyl sites for hydroxylation is 1. The molecule has 4 aromatic rings. The van der Waals surface area contributed by atoms with Crippen molar-refractivity contribution in [1.29, 1.82) is 0 Å². The summed E-state index contributed by atoms with van der Waals surface area (Å²) in [5.74, 6) is 0.618. The number of rotatable bonds is 6. The van der Waals surface area contributed by atoms with Crippen molar-refractivity contribution in [1.82, 2.24) is 30.4 Å². The molecule has 3 aromatic heterocycles. The first-order chi connectivity index (χ1) is 18.9. The van der Waals surface area contributed by atoms with Crippen LogP contribution in [0.4, 0.5) is 11.6 Å². The van der Waals surface area contributed by atoms with E-state index >= 15 is 0 Å². The predicted molar refractivity (Wildman–Crippen MR) is 145 cm³/mol. The largest absolute Gasteiger partial charge is 0.456 e. The van der Waals surface area contributed by atoms with Crippen molar-refractivity contribution < 1.29 is 19.1 Å². The number of H-pyrrole nitrogens is 1. The first-order valence-corrected chi connectivity index (χ1v) is 12.5. The maximum absolute atomic E-state index is 12.6. The molecule has 4 N–H and O–H groups in total. The van der Waals surface area contributed by atoms with Gasteiger partial charge in [0.25, 0.3) is 5.91 Å². The molecule has 0 spiro atoms. The number of nitrogens with zero attached hydrogens (tertiary/aromatic N) is 4. The lowest BCUT2D eigenvalue weighted by Gasteiger charge is -2.32. The second kappa shape index (κ2) is 11.2. The van der Waals surface area contributed by atoms with Crippen molar-refractivity contribution in [3.63, 3.8) is 0 Å². The van der Waals surface area contributed by atoms with E-state index in [2.05, 4.69) is 36.1 Å². The van der Waals surface area contributed by atoms with Crippen molar-refractivity contribution in [3.8, 4) is 11.5 Å². The van der Waals surface area contributed by atoms with Crippen molar-refractivity contribution in [2.75, 3.05) is 30.8 Å². The molecule has 0 saturated carbocycles. The Morgan fingerprint density at radius 2 is 1.87 bits per heavy atom. The number of aromatic amines is 1.